The number of nitrogens with zero attached hydrogens (tertiary/aromatic N) is 1. The zero-order chi connectivity index (χ0) is 12.1. The normalized spacial score (nSPS) is 10.1. The predicted octanol–water partition coefficient (Wildman–Crippen LogP) is 3.20. The minimum absolute atomic E-state index is 0.674. The van der Waals surface area contributed by atoms with E-state index in [2.05, 4.69) is 27.3 Å². The minimum Gasteiger partial charge on any atom is -0.467 e. The lowest BCUT2D eigenvalue weighted by Gasteiger charge is -2.03. The molecule has 0 fully saturated rings. The quantitative estimate of drug-likeness (QED) is 0.941. The molecule has 0 bridgehead atoms. The van der Waals surface area contributed by atoms with Crippen LogP contribution in [-0.4, -0.2) is 0 Å². The summed E-state index contributed by atoms with van der Waals surface area (Å²) in [6.45, 7) is 1.42. The molecule has 0 radical (unpaired) electrons. The molecular formula is C13H11BrN2O. The van der Waals surface area contributed by atoms with Gasteiger partial charge >= 0.3 is 0 Å². The van der Waals surface area contributed by atoms with Crippen LogP contribution < -0.4 is 5.32 Å². The molecule has 1 heterocycles. The number of benzene rings is 1. The smallest absolute Gasteiger partial charge is 0.131 e. The maximum Gasteiger partial charge on any atom is 0.131 e. The van der Waals surface area contributed by atoms with Gasteiger partial charge in [0.05, 0.1) is 28.9 Å². The second-order valence-electron chi connectivity index (χ2n) is 3.60. The van der Waals surface area contributed by atoms with Crippen LogP contribution in [0, 0.1) is 11.3 Å². The molecule has 3 nitrogen and oxygen atoms in total. The molecule has 0 unspecified atom stereocenters. The molecule has 1 aromatic heterocycles. The fraction of sp³-hybridized carbons (Fsp3) is 0.154. The van der Waals surface area contributed by atoms with Gasteiger partial charge in [-0.25, -0.2) is 0 Å². The zero-order valence-electron chi connectivity index (χ0n) is 9.11. The van der Waals surface area contributed by atoms with Crippen molar-refractivity contribution < 1.29 is 4.42 Å². The van der Waals surface area contributed by atoms with E-state index in [0.717, 1.165) is 22.3 Å². The highest BCUT2D eigenvalue weighted by atomic mass is 79.9. The van der Waals surface area contributed by atoms with Gasteiger partial charge in [-0.1, -0.05) is 12.1 Å². The molecule has 1 aromatic carbocycles. The van der Waals surface area contributed by atoms with E-state index in [1.54, 1.807) is 6.26 Å². The van der Waals surface area contributed by atoms with Gasteiger partial charge in [0, 0.05) is 6.54 Å². The Morgan fingerprint density at radius 3 is 2.53 bits per heavy atom. The lowest BCUT2D eigenvalue weighted by Crippen LogP contribution is -2.12. The summed E-state index contributed by atoms with van der Waals surface area (Å²) in [6.07, 6.45) is 1.66. The van der Waals surface area contributed by atoms with Crippen LogP contribution in [0.2, 0.25) is 0 Å². The van der Waals surface area contributed by atoms with Gasteiger partial charge in [0.1, 0.15) is 5.76 Å². The molecule has 0 aliphatic rings. The summed E-state index contributed by atoms with van der Waals surface area (Å²) in [4.78, 5) is 0. The van der Waals surface area contributed by atoms with Gasteiger partial charge in [-0.15, -0.1) is 0 Å². The lowest BCUT2D eigenvalue weighted by molar-refractivity contribution is 0.480. The highest BCUT2D eigenvalue weighted by Gasteiger charge is 2.02. The van der Waals surface area contributed by atoms with E-state index in [9.17, 15) is 0 Å². The monoisotopic (exact) mass is 290 g/mol. The van der Waals surface area contributed by atoms with Gasteiger partial charge < -0.3 is 9.73 Å². The lowest BCUT2D eigenvalue weighted by atomic mass is 10.1. The fourth-order valence-corrected chi connectivity index (χ4v) is 1.81. The van der Waals surface area contributed by atoms with Crippen molar-refractivity contribution >= 4 is 15.9 Å². The summed E-state index contributed by atoms with van der Waals surface area (Å²) in [7, 11) is 0. The summed E-state index contributed by atoms with van der Waals surface area (Å²) < 4.78 is 6.26. The van der Waals surface area contributed by atoms with E-state index in [-0.39, 0.29) is 0 Å². The third-order valence-corrected chi connectivity index (χ3v) is 3.10. The van der Waals surface area contributed by atoms with Crippen molar-refractivity contribution in [3.8, 4) is 6.07 Å². The Kier molecular flexibility index (Phi) is 3.97. The number of hydrogen-bond acceptors (Lipinski definition) is 3. The minimum atomic E-state index is 0.674. The molecule has 0 saturated heterocycles. The summed E-state index contributed by atoms with van der Waals surface area (Å²) in [5.41, 5.74) is 1.83. The molecule has 2 rings (SSSR count). The van der Waals surface area contributed by atoms with Crippen molar-refractivity contribution in [1.82, 2.24) is 5.32 Å². The number of nitriles is 1. The molecular weight excluding hydrogens is 280 g/mol. The zero-order valence-corrected chi connectivity index (χ0v) is 10.7. The standard InChI is InChI=1S/C13H11BrN2O/c14-12-5-6-17-13(12)9-16-8-11-3-1-10(7-15)2-4-11/h1-6,16H,8-9H2. The van der Waals surface area contributed by atoms with E-state index < -0.39 is 0 Å². The molecule has 2 aromatic rings. The van der Waals surface area contributed by atoms with Gasteiger partial charge in [0.25, 0.3) is 0 Å². The third-order valence-electron chi connectivity index (χ3n) is 2.39. The van der Waals surface area contributed by atoms with Gasteiger partial charge in [0.2, 0.25) is 0 Å². The molecule has 0 saturated carbocycles. The van der Waals surface area contributed by atoms with Crippen molar-refractivity contribution in [3.05, 3.63) is 58.0 Å². The summed E-state index contributed by atoms with van der Waals surface area (Å²) in [6, 6.07) is 11.5. The number of rotatable bonds is 4. The van der Waals surface area contributed by atoms with Crippen molar-refractivity contribution in [2.45, 2.75) is 13.1 Å². The Labute approximate surface area is 108 Å². The van der Waals surface area contributed by atoms with Crippen LogP contribution in [0.5, 0.6) is 0 Å². The van der Waals surface area contributed by atoms with Crippen LogP contribution in [-0.2, 0) is 13.1 Å². The molecule has 17 heavy (non-hydrogen) atoms. The number of nitrogens with one attached hydrogen (secondary N) is 1. The van der Waals surface area contributed by atoms with E-state index in [0.29, 0.717) is 12.1 Å². The van der Waals surface area contributed by atoms with Crippen LogP contribution in [0.3, 0.4) is 0 Å². The van der Waals surface area contributed by atoms with Gasteiger partial charge in [-0.2, -0.15) is 5.26 Å². The predicted molar refractivity (Wildman–Crippen MR) is 68.1 cm³/mol. The van der Waals surface area contributed by atoms with E-state index in [1.807, 2.05) is 30.3 Å². The van der Waals surface area contributed by atoms with E-state index in [4.69, 9.17) is 9.68 Å². The Hall–Kier alpha value is -1.57. The van der Waals surface area contributed by atoms with Crippen LogP contribution in [0.4, 0.5) is 0 Å². The first-order chi connectivity index (χ1) is 8.29. The first-order valence-corrected chi connectivity index (χ1v) is 6.00. The highest BCUT2D eigenvalue weighted by molar-refractivity contribution is 9.10. The van der Waals surface area contributed by atoms with Crippen LogP contribution in [0.1, 0.15) is 16.9 Å². The summed E-state index contributed by atoms with van der Waals surface area (Å²) in [5.74, 6) is 0.888. The third kappa shape index (κ3) is 3.19. The average Bonchev–Trinajstić information content (AvgIpc) is 2.76. The second-order valence-corrected chi connectivity index (χ2v) is 4.46. The van der Waals surface area contributed by atoms with Crippen LogP contribution in [0.15, 0.2) is 45.5 Å². The molecule has 0 aliphatic carbocycles. The van der Waals surface area contributed by atoms with E-state index >= 15 is 0 Å². The van der Waals surface area contributed by atoms with Gasteiger partial charge in [-0.05, 0) is 39.7 Å². The van der Waals surface area contributed by atoms with Crippen molar-refractivity contribution in [1.29, 1.82) is 5.26 Å². The highest BCUT2D eigenvalue weighted by Crippen LogP contribution is 2.17. The topological polar surface area (TPSA) is 49.0 Å². The Morgan fingerprint density at radius 2 is 1.94 bits per heavy atom. The SMILES string of the molecule is N#Cc1ccc(CNCc2occc2Br)cc1. The van der Waals surface area contributed by atoms with Crippen LogP contribution in [0.25, 0.3) is 0 Å². The largest absolute Gasteiger partial charge is 0.467 e. The summed E-state index contributed by atoms with van der Waals surface area (Å²) >= 11 is 3.40. The molecule has 1 N–H and O–H groups in total. The van der Waals surface area contributed by atoms with Crippen molar-refractivity contribution in [2.24, 2.45) is 0 Å². The maximum atomic E-state index is 8.68. The molecule has 0 amide bonds. The molecule has 86 valence electrons. The Morgan fingerprint density at radius 1 is 1.18 bits per heavy atom. The second kappa shape index (κ2) is 5.67. The fourth-order valence-electron chi connectivity index (χ4n) is 1.47. The average molecular weight is 291 g/mol. The number of furan rings is 1. The summed E-state index contributed by atoms with van der Waals surface area (Å²) in [5, 5.41) is 12.0. The molecule has 4 heteroatoms. The molecule has 0 aliphatic heterocycles. The Balaban J connectivity index is 1.86. The van der Waals surface area contributed by atoms with Crippen LogP contribution >= 0.6 is 15.9 Å². The maximum absolute atomic E-state index is 8.68. The number of hydrogen-bond donors (Lipinski definition) is 1. The first kappa shape index (κ1) is 11.9. The Bertz CT molecular complexity index is 525. The number of halogens is 1. The van der Waals surface area contributed by atoms with Crippen molar-refractivity contribution in [2.75, 3.05) is 0 Å². The van der Waals surface area contributed by atoms with Gasteiger partial charge in [-0.3, -0.25) is 0 Å². The van der Waals surface area contributed by atoms with Gasteiger partial charge in [0.15, 0.2) is 0 Å². The first-order valence-electron chi connectivity index (χ1n) is 5.21. The molecule has 0 atom stereocenters. The van der Waals surface area contributed by atoms with Crippen molar-refractivity contribution in [3.63, 3.8) is 0 Å². The molecule has 0 spiro atoms. The van der Waals surface area contributed by atoms with E-state index in [1.165, 1.54) is 0 Å².